The van der Waals surface area contributed by atoms with Crippen LogP contribution in [0.1, 0.15) is 43.5 Å². The molecule has 2 atom stereocenters. The Morgan fingerprint density at radius 3 is 2.29 bits per heavy atom. The van der Waals surface area contributed by atoms with Gasteiger partial charge in [0.1, 0.15) is 5.75 Å². The first-order chi connectivity index (χ1) is 10.2. The Morgan fingerprint density at radius 1 is 1.05 bits per heavy atom. The highest BCUT2D eigenvalue weighted by atomic mass is 35.5. The van der Waals surface area contributed by atoms with Gasteiger partial charge in [0.15, 0.2) is 0 Å². The highest BCUT2D eigenvalue weighted by molar-refractivity contribution is 6.31. The molecule has 0 spiro atoms. The van der Waals surface area contributed by atoms with Gasteiger partial charge < -0.3 is 10.1 Å². The molecule has 0 radical (unpaired) electrons. The standard InChI is InChI=1S/C18H22ClNO/c1-4-17(15-10-6-8-12-18(15)21-3)20-13(2)14-9-5-7-11-16(14)19/h5-13,17,20H,4H2,1-3H3/t13-,17?/m0/s1. The molecule has 1 N–H and O–H groups in total. The summed E-state index contributed by atoms with van der Waals surface area (Å²) in [7, 11) is 1.71. The van der Waals surface area contributed by atoms with Gasteiger partial charge in [-0.1, -0.05) is 54.9 Å². The van der Waals surface area contributed by atoms with Gasteiger partial charge in [0, 0.05) is 22.7 Å². The number of ether oxygens (including phenoxy) is 1. The summed E-state index contributed by atoms with van der Waals surface area (Å²) < 4.78 is 5.47. The van der Waals surface area contributed by atoms with E-state index in [0.717, 1.165) is 22.8 Å². The second kappa shape index (κ2) is 7.48. The number of rotatable bonds is 6. The van der Waals surface area contributed by atoms with E-state index in [0.29, 0.717) is 0 Å². The maximum absolute atomic E-state index is 6.29. The van der Waals surface area contributed by atoms with Crippen LogP contribution in [0.3, 0.4) is 0 Å². The molecule has 0 heterocycles. The Kier molecular flexibility index (Phi) is 5.66. The number of methoxy groups -OCH3 is 1. The van der Waals surface area contributed by atoms with E-state index in [4.69, 9.17) is 16.3 Å². The number of nitrogens with one attached hydrogen (secondary N) is 1. The molecule has 2 nitrogen and oxygen atoms in total. The van der Waals surface area contributed by atoms with E-state index in [1.54, 1.807) is 7.11 Å². The molecule has 0 fully saturated rings. The van der Waals surface area contributed by atoms with Gasteiger partial charge in [0.25, 0.3) is 0 Å². The molecule has 112 valence electrons. The molecular formula is C18H22ClNO. The molecule has 0 saturated heterocycles. The van der Waals surface area contributed by atoms with Gasteiger partial charge in [0.2, 0.25) is 0 Å². The van der Waals surface area contributed by atoms with Crippen molar-refractivity contribution < 1.29 is 4.74 Å². The molecular weight excluding hydrogens is 282 g/mol. The summed E-state index contributed by atoms with van der Waals surface area (Å²) in [6.45, 7) is 4.31. The van der Waals surface area contributed by atoms with Gasteiger partial charge in [-0.3, -0.25) is 0 Å². The summed E-state index contributed by atoms with van der Waals surface area (Å²) in [5, 5.41) is 4.45. The first kappa shape index (κ1) is 15.9. The van der Waals surface area contributed by atoms with Crippen molar-refractivity contribution in [1.82, 2.24) is 5.32 Å². The van der Waals surface area contributed by atoms with Crippen LogP contribution in [0.4, 0.5) is 0 Å². The van der Waals surface area contributed by atoms with E-state index in [1.165, 1.54) is 5.56 Å². The third-order valence-corrected chi connectivity index (χ3v) is 4.09. The number of hydrogen-bond acceptors (Lipinski definition) is 2. The summed E-state index contributed by atoms with van der Waals surface area (Å²) in [4.78, 5) is 0. The van der Waals surface area contributed by atoms with Crippen molar-refractivity contribution in [2.24, 2.45) is 0 Å². The van der Waals surface area contributed by atoms with Crippen LogP contribution in [-0.4, -0.2) is 7.11 Å². The summed E-state index contributed by atoms with van der Waals surface area (Å²) in [5.74, 6) is 0.920. The first-order valence-electron chi connectivity index (χ1n) is 7.30. The van der Waals surface area contributed by atoms with Crippen LogP contribution in [0.2, 0.25) is 5.02 Å². The lowest BCUT2D eigenvalue weighted by Crippen LogP contribution is -2.24. The Labute approximate surface area is 132 Å². The van der Waals surface area contributed by atoms with E-state index in [-0.39, 0.29) is 12.1 Å². The zero-order valence-corrected chi connectivity index (χ0v) is 13.5. The smallest absolute Gasteiger partial charge is 0.123 e. The Hall–Kier alpha value is -1.51. The number of para-hydroxylation sites is 1. The SMILES string of the molecule is CCC(N[C@@H](C)c1ccccc1Cl)c1ccccc1OC. The Morgan fingerprint density at radius 2 is 1.67 bits per heavy atom. The van der Waals surface area contributed by atoms with Crippen molar-refractivity contribution in [3.8, 4) is 5.75 Å². The van der Waals surface area contributed by atoms with Gasteiger partial charge in [0.05, 0.1) is 7.11 Å². The minimum absolute atomic E-state index is 0.175. The molecule has 0 aliphatic heterocycles. The Bertz CT molecular complexity index is 585. The monoisotopic (exact) mass is 303 g/mol. The molecule has 0 aliphatic rings. The molecule has 0 aromatic heterocycles. The lowest BCUT2D eigenvalue weighted by atomic mass is 10.0. The maximum atomic E-state index is 6.29. The second-order valence-corrected chi connectivity index (χ2v) is 5.52. The van der Waals surface area contributed by atoms with Crippen LogP contribution in [-0.2, 0) is 0 Å². The first-order valence-corrected chi connectivity index (χ1v) is 7.68. The molecule has 0 saturated carbocycles. The van der Waals surface area contributed by atoms with Crippen LogP contribution in [0.25, 0.3) is 0 Å². The fraction of sp³-hybridized carbons (Fsp3) is 0.333. The molecule has 0 amide bonds. The van der Waals surface area contributed by atoms with Crippen molar-refractivity contribution >= 4 is 11.6 Å². The molecule has 2 aromatic rings. The van der Waals surface area contributed by atoms with Crippen molar-refractivity contribution in [1.29, 1.82) is 0 Å². The molecule has 0 bridgehead atoms. The summed E-state index contributed by atoms with van der Waals surface area (Å²) >= 11 is 6.29. The molecule has 21 heavy (non-hydrogen) atoms. The number of halogens is 1. The fourth-order valence-corrected chi connectivity index (χ4v) is 2.90. The third-order valence-electron chi connectivity index (χ3n) is 3.75. The number of benzene rings is 2. The minimum atomic E-state index is 0.175. The van der Waals surface area contributed by atoms with Crippen LogP contribution in [0.15, 0.2) is 48.5 Å². The van der Waals surface area contributed by atoms with E-state index < -0.39 is 0 Å². The van der Waals surface area contributed by atoms with Crippen molar-refractivity contribution in [3.63, 3.8) is 0 Å². The second-order valence-electron chi connectivity index (χ2n) is 5.11. The van der Waals surface area contributed by atoms with E-state index in [9.17, 15) is 0 Å². The summed E-state index contributed by atoms with van der Waals surface area (Å²) in [6, 6.07) is 16.5. The van der Waals surface area contributed by atoms with E-state index >= 15 is 0 Å². The maximum Gasteiger partial charge on any atom is 0.123 e. The van der Waals surface area contributed by atoms with Gasteiger partial charge in [-0.05, 0) is 31.0 Å². The average molecular weight is 304 g/mol. The molecule has 2 aromatic carbocycles. The molecule has 3 heteroatoms. The highest BCUT2D eigenvalue weighted by Crippen LogP contribution is 2.30. The zero-order chi connectivity index (χ0) is 15.2. The Balaban J connectivity index is 2.21. The van der Waals surface area contributed by atoms with Crippen molar-refractivity contribution in [2.45, 2.75) is 32.4 Å². The number of hydrogen-bond donors (Lipinski definition) is 1. The van der Waals surface area contributed by atoms with Crippen molar-refractivity contribution in [3.05, 3.63) is 64.7 Å². The van der Waals surface area contributed by atoms with E-state index in [1.807, 2.05) is 36.4 Å². The molecule has 1 unspecified atom stereocenters. The summed E-state index contributed by atoms with van der Waals surface area (Å²) in [5.41, 5.74) is 2.30. The molecule has 0 aliphatic carbocycles. The van der Waals surface area contributed by atoms with Gasteiger partial charge in [-0.2, -0.15) is 0 Å². The third kappa shape index (κ3) is 3.78. The van der Waals surface area contributed by atoms with Gasteiger partial charge in [-0.25, -0.2) is 0 Å². The van der Waals surface area contributed by atoms with Gasteiger partial charge in [-0.15, -0.1) is 0 Å². The average Bonchev–Trinajstić information content (AvgIpc) is 2.52. The molecule has 2 rings (SSSR count). The van der Waals surface area contributed by atoms with Crippen LogP contribution < -0.4 is 10.1 Å². The quantitative estimate of drug-likeness (QED) is 0.796. The highest BCUT2D eigenvalue weighted by Gasteiger charge is 2.18. The topological polar surface area (TPSA) is 21.3 Å². The zero-order valence-electron chi connectivity index (χ0n) is 12.8. The lowest BCUT2D eigenvalue weighted by Gasteiger charge is -2.25. The fourth-order valence-electron chi connectivity index (χ4n) is 2.60. The predicted octanol–water partition coefficient (Wildman–Crippen LogP) is 5.15. The van der Waals surface area contributed by atoms with Crippen molar-refractivity contribution in [2.75, 3.05) is 7.11 Å². The largest absolute Gasteiger partial charge is 0.496 e. The van der Waals surface area contributed by atoms with Crippen LogP contribution in [0.5, 0.6) is 5.75 Å². The lowest BCUT2D eigenvalue weighted by molar-refractivity contribution is 0.388. The van der Waals surface area contributed by atoms with Gasteiger partial charge >= 0.3 is 0 Å². The van der Waals surface area contributed by atoms with Crippen LogP contribution >= 0.6 is 11.6 Å². The predicted molar refractivity (Wildman–Crippen MR) is 89.0 cm³/mol. The summed E-state index contributed by atoms with van der Waals surface area (Å²) in [6.07, 6.45) is 0.981. The van der Waals surface area contributed by atoms with E-state index in [2.05, 4.69) is 31.3 Å². The minimum Gasteiger partial charge on any atom is -0.496 e. The van der Waals surface area contributed by atoms with Crippen LogP contribution in [0, 0.1) is 0 Å². The normalized spacial score (nSPS) is 13.7.